The van der Waals surface area contributed by atoms with E-state index >= 15 is 0 Å². The second-order valence-corrected chi connectivity index (χ2v) is 9.30. The van der Waals surface area contributed by atoms with Gasteiger partial charge in [0.2, 0.25) is 0 Å². The first-order valence-electron chi connectivity index (χ1n) is 10.8. The summed E-state index contributed by atoms with van der Waals surface area (Å²) in [6.45, 7) is 8.00. The maximum absolute atomic E-state index is 14.1. The Morgan fingerprint density at radius 3 is 2.78 bits per heavy atom. The van der Waals surface area contributed by atoms with Crippen molar-refractivity contribution in [1.82, 2.24) is 14.8 Å². The molecule has 0 unspecified atom stereocenters. The summed E-state index contributed by atoms with van der Waals surface area (Å²) in [4.78, 5) is 11.8. The van der Waals surface area contributed by atoms with Gasteiger partial charge in [-0.3, -0.25) is 5.10 Å². The lowest BCUT2D eigenvalue weighted by Crippen LogP contribution is -2.34. The number of aliphatic carboxylic acids is 1. The van der Waals surface area contributed by atoms with Crippen molar-refractivity contribution in [2.24, 2.45) is 0 Å². The second kappa shape index (κ2) is 7.17. The van der Waals surface area contributed by atoms with E-state index < -0.39 is 11.6 Å². The highest BCUT2D eigenvalue weighted by atomic mass is 19.1. The molecule has 1 fully saturated rings. The Balaban J connectivity index is 1.84. The molecule has 166 valence electrons. The van der Waals surface area contributed by atoms with E-state index in [0.29, 0.717) is 18.6 Å². The number of aromatic nitrogens is 3. The van der Waals surface area contributed by atoms with Crippen molar-refractivity contribution in [2.75, 3.05) is 6.61 Å². The molecule has 0 amide bonds. The molecule has 2 aromatic heterocycles. The topological polar surface area (TPSA) is 80.1 Å². The van der Waals surface area contributed by atoms with Gasteiger partial charge in [-0.25, -0.2) is 9.18 Å². The van der Waals surface area contributed by atoms with Gasteiger partial charge in [0.15, 0.2) is 5.60 Å². The lowest BCUT2D eigenvalue weighted by Gasteiger charge is -2.19. The third-order valence-electron chi connectivity index (χ3n) is 6.65. The molecule has 5 rings (SSSR count). The quantitative estimate of drug-likeness (QED) is 0.448. The molecular formula is C25H26FN3O3. The normalized spacial score (nSPS) is 21.2. The summed E-state index contributed by atoms with van der Waals surface area (Å²) in [7, 11) is 0. The van der Waals surface area contributed by atoms with Gasteiger partial charge in [-0.05, 0) is 67.6 Å². The number of halogens is 1. The summed E-state index contributed by atoms with van der Waals surface area (Å²) in [6.07, 6.45) is 2.18. The molecule has 1 aliphatic heterocycles. The zero-order chi connectivity index (χ0) is 22.8. The third-order valence-corrected chi connectivity index (χ3v) is 6.65. The number of aromatic amines is 1. The van der Waals surface area contributed by atoms with Gasteiger partial charge in [-0.1, -0.05) is 13.8 Å². The molecule has 32 heavy (non-hydrogen) atoms. The standard InChI is InChI=1S/C25H26FN3O3/c1-13(2)23-22(16-10-25(4,24(30)31)32-12-16)18-9-20-15(11-27-28-20)8-21(18)29(23)17-5-6-19(26)14(3)7-17/h5-9,11,13,16H,10,12H2,1-4H3,(H,27,28)(H,30,31)/t16-,25+/m0/s1. The Bertz CT molecular complexity index is 1370. The Morgan fingerprint density at radius 1 is 1.34 bits per heavy atom. The number of fused-ring (bicyclic) bond motifs is 2. The van der Waals surface area contributed by atoms with E-state index in [1.807, 2.05) is 6.07 Å². The summed E-state index contributed by atoms with van der Waals surface area (Å²) in [6, 6.07) is 9.33. The highest BCUT2D eigenvalue weighted by Crippen LogP contribution is 2.45. The van der Waals surface area contributed by atoms with Crippen molar-refractivity contribution in [2.45, 2.75) is 51.6 Å². The zero-order valence-electron chi connectivity index (χ0n) is 18.6. The van der Waals surface area contributed by atoms with Gasteiger partial charge in [-0.2, -0.15) is 5.10 Å². The van der Waals surface area contributed by atoms with Crippen LogP contribution in [0.15, 0.2) is 36.5 Å². The number of H-pyrrole nitrogens is 1. The van der Waals surface area contributed by atoms with Crippen molar-refractivity contribution < 1.29 is 19.0 Å². The number of nitrogens with one attached hydrogen (secondary N) is 1. The fraction of sp³-hybridized carbons (Fsp3) is 0.360. The van der Waals surface area contributed by atoms with Crippen LogP contribution in [0.5, 0.6) is 0 Å². The summed E-state index contributed by atoms with van der Waals surface area (Å²) < 4.78 is 22.1. The van der Waals surface area contributed by atoms with Crippen molar-refractivity contribution in [3.8, 4) is 5.69 Å². The lowest BCUT2D eigenvalue weighted by molar-refractivity contribution is -0.157. The number of carboxylic acids is 1. The fourth-order valence-electron chi connectivity index (χ4n) is 5.02. The maximum atomic E-state index is 14.1. The van der Waals surface area contributed by atoms with Gasteiger partial charge < -0.3 is 14.4 Å². The van der Waals surface area contributed by atoms with Crippen LogP contribution >= 0.6 is 0 Å². The molecule has 0 radical (unpaired) electrons. The fourth-order valence-corrected chi connectivity index (χ4v) is 5.02. The molecule has 1 aliphatic rings. The van der Waals surface area contributed by atoms with Crippen LogP contribution < -0.4 is 0 Å². The Hall–Kier alpha value is -3.19. The number of hydrogen-bond acceptors (Lipinski definition) is 3. The lowest BCUT2D eigenvalue weighted by atomic mass is 9.86. The molecule has 2 atom stereocenters. The molecule has 2 aromatic carbocycles. The van der Waals surface area contributed by atoms with E-state index in [2.05, 4.69) is 40.7 Å². The Morgan fingerprint density at radius 2 is 2.12 bits per heavy atom. The maximum Gasteiger partial charge on any atom is 0.335 e. The predicted molar refractivity (Wildman–Crippen MR) is 121 cm³/mol. The van der Waals surface area contributed by atoms with Crippen LogP contribution in [0, 0.1) is 12.7 Å². The van der Waals surface area contributed by atoms with Gasteiger partial charge in [0, 0.05) is 28.1 Å². The molecule has 3 heterocycles. The van der Waals surface area contributed by atoms with Gasteiger partial charge in [0.25, 0.3) is 0 Å². The minimum Gasteiger partial charge on any atom is -0.479 e. The minimum absolute atomic E-state index is 0.0702. The Labute approximate surface area is 185 Å². The van der Waals surface area contributed by atoms with E-state index in [1.54, 1.807) is 26.1 Å². The van der Waals surface area contributed by atoms with Crippen molar-refractivity contribution in [3.05, 3.63) is 59.2 Å². The smallest absolute Gasteiger partial charge is 0.335 e. The first-order valence-corrected chi connectivity index (χ1v) is 10.8. The number of carbonyl (C=O) groups is 1. The number of ether oxygens (including phenoxy) is 1. The van der Waals surface area contributed by atoms with Crippen LogP contribution in [-0.4, -0.2) is 38.0 Å². The minimum atomic E-state index is -1.21. The average Bonchev–Trinajstić information content (AvgIpc) is 3.43. The van der Waals surface area contributed by atoms with E-state index in [0.717, 1.165) is 38.8 Å². The van der Waals surface area contributed by atoms with E-state index in [9.17, 15) is 14.3 Å². The van der Waals surface area contributed by atoms with Crippen LogP contribution in [0.4, 0.5) is 4.39 Å². The zero-order valence-corrected chi connectivity index (χ0v) is 18.6. The summed E-state index contributed by atoms with van der Waals surface area (Å²) in [5.74, 6) is -1.11. The van der Waals surface area contributed by atoms with Gasteiger partial charge in [0.1, 0.15) is 5.82 Å². The molecule has 7 heteroatoms. The van der Waals surface area contributed by atoms with Gasteiger partial charge >= 0.3 is 5.97 Å². The van der Waals surface area contributed by atoms with E-state index in [1.165, 1.54) is 6.07 Å². The molecule has 2 N–H and O–H groups in total. The molecule has 0 spiro atoms. The first kappa shape index (κ1) is 20.7. The average molecular weight is 435 g/mol. The molecular weight excluding hydrogens is 409 g/mol. The molecule has 0 bridgehead atoms. The number of nitrogens with zero attached hydrogens (tertiary/aromatic N) is 2. The van der Waals surface area contributed by atoms with Crippen molar-refractivity contribution >= 4 is 27.8 Å². The van der Waals surface area contributed by atoms with Crippen molar-refractivity contribution in [3.63, 3.8) is 0 Å². The van der Waals surface area contributed by atoms with Gasteiger partial charge in [-0.15, -0.1) is 0 Å². The number of hydrogen-bond donors (Lipinski definition) is 2. The van der Waals surface area contributed by atoms with Crippen LogP contribution in [0.1, 0.15) is 55.8 Å². The molecule has 0 aliphatic carbocycles. The monoisotopic (exact) mass is 435 g/mol. The summed E-state index contributed by atoms with van der Waals surface area (Å²) in [5.41, 5.74) is 4.35. The number of aryl methyl sites for hydroxylation is 1. The SMILES string of the molecule is Cc1cc(-n2c(C(C)C)c([C@@H]3CO[C@@](C)(C(=O)O)C3)c3cc4[nH]ncc4cc32)ccc1F. The number of carboxylic acid groups (broad SMARTS) is 1. The molecule has 1 saturated heterocycles. The highest BCUT2D eigenvalue weighted by molar-refractivity contribution is 5.99. The summed E-state index contributed by atoms with van der Waals surface area (Å²) in [5, 5.41) is 18.9. The Kier molecular flexibility index (Phi) is 4.64. The third kappa shape index (κ3) is 3.03. The highest BCUT2D eigenvalue weighted by Gasteiger charge is 2.45. The van der Waals surface area contributed by atoms with Crippen molar-refractivity contribution in [1.29, 1.82) is 0 Å². The van der Waals surface area contributed by atoms with Gasteiger partial charge in [0.05, 0.1) is 23.8 Å². The van der Waals surface area contributed by atoms with Crippen LogP contribution in [0.25, 0.3) is 27.5 Å². The molecule has 4 aromatic rings. The van der Waals surface area contributed by atoms with E-state index in [4.69, 9.17) is 4.74 Å². The summed E-state index contributed by atoms with van der Waals surface area (Å²) >= 11 is 0. The second-order valence-electron chi connectivity index (χ2n) is 9.30. The van der Waals surface area contributed by atoms with Crippen LogP contribution in [0.2, 0.25) is 0 Å². The molecule has 0 saturated carbocycles. The van der Waals surface area contributed by atoms with Crippen LogP contribution in [-0.2, 0) is 9.53 Å². The number of rotatable bonds is 4. The number of benzene rings is 2. The first-order chi connectivity index (χ1) is 15.2. The molecule has 6 nitrogen and oxygen atoms in total. The van der Waals surface area contributed by atoms with Crippen LogP contribution in [0.3, 0.4) is 0 Å². The van der Waals surface area contributed by atoms with E-state index in [-0.39, 0.29) is 17.7 Å². The largest absolute Gasteiger partial charge is 0.479 e. The predicted octanol–water partition coefficient (Wildman–Crippen LogP) is 5.42.